The first-order valence-corrected chi connectivity index (χ1v) is 20.9. The molecular formula is C42H84O4. The first-order valence-electron chi connectivity index (χ1n) is 20.9. The second-order valence-corrected chi connectivity index (χ2v) is 13.9. The van der Waals surface area contributed by atoms with Crippen LogP contribution in [0.1, 0.15) is 247 Å². The molecule has 1 atom stereocenters. The van der Waals surface area contributed by atoms with Gasteiger partial charge >= 0.3 is 11.9 Å². The van der Waals surface area contributed by atoms with Gasteiger partial charge in [-0.05, 0) is 38.5 Å². The van der Waals surface area contributed by atoms with Crippen molar-refractivity contribution < 1.29 is 19.1 Å². The standard InChI is InChI=1S/C24H48O2.C18H36O2/c1-4-7-9-10-11-12-13-14-15-16-17-18-20-22-24(25)26-23(6-3)21-19-8-5-2;1-3-5-7-9-10-11-12-13-14-16-18(19)20-17-15-8-6-4-2/h23H,4-22H2,1-3H3;3-17H2,1-2H3. The van der Waals surface area contributed by atoms with E-state index in [0.29, 0.717) is 19.4 Å². The molecule has 0 saturated carbocycles. The highest BCUT2D eigenvalue weighted by atomic mass is 16.5. The summed E-state index contributed by atoms with van der Waals surface area (Å²) >= 11 is 0. The molecule has 0 heterocycles. The molecule has 0 aromatic heterocycles. The molecule has 0 radical (unpaired) electrons. The molecule has 4 nitrogen and oxygen atoms in total. The minimum absolute atomic E-state index is 0.00412. The van der Waals surface area contributed by atoms with Crippen LogP contribution in [0.5, 0.6) is 0 Å². The molecule has 4 heteroatoms. The highest BCUT2D eigenvalue weighted by Crippen LogP contribution is 2.15. The average Bonchev–Trinajstić information content (AvgIpc) is 3.06. The molecule has 0 fully saturated rings. The zero-order valence-electron chi connectivity index (χ0n) is 32.3. The zero-order chi connectivity index (χ0) is 34.2. The predicted octanol–water partition coefficient (Wildman–Crippen LogP) is 14.4. The van der Waals surface area contributed by atoms with E-state index in [1.54, 1.807) is 0 Å². The summed E-state index contributed by atoms with van der Waals surface area (Å²) < 4.78 is 10.8. The Balaban J connectivity index is 0. The van der Waals surface area contributed by atoms with E-state index in [4.69, 9.17) is 9.47 Å². The van der Waals surface area contributed by atoms with E-state index in [1.807, 2.05) is 0 Å². The number of carbonyl (C=O) groups is 2. The fraction of sp³-hybridized carbons (Fsp3) is 0.952. The van der Waals surface area contributed by atoms with Crippen LogP contribution in [-0.4, -0.2) is 24.6 Å². The zero-order valence-corrected chi connectivity index (χ0v) is 32.3. The SMILES string of the molecule is CCCCCCCCCCCC(=O)OCCCCCC.CCCCCCCCCCCCCCCC(=O)OC(CC)CCCCC. The molecule has 0 bridgehead atoms. The van der Waals surface area contributed by atoms with Crippen LogP contribution in [0.2, 0.25) is 0 Å². The number of esters is 2. The molecule has 0 spiro atoms. The van der Waals surface area contributed by atoms with E-state index in [9.17, 15) is 9.59 Å². The quantitative estimate of drug-likeness (QED) is 0.0505. The molecule has 1 unspecified atom stereocenters. The Hall–Kier alpha value is -1.06. The van der Waals surface area contributed by atoms with Gasteiger partial charge in [0.25, 0.3) is 0 Å². The second-order valence-electron chi connectivity index (χ2n) is 13.9. The predicted molar refractivity (Wildman–Crippen MR) is 202 cm³/mol. The fourth-order valence-electron chi connectivity index (χ4n) is 5.87. The van der Waals surface area contributed by atoms with E-state index in [0.717, 1.165) is 32.1 Å². The summed E-state index contributed by atoms with van der Waals surface area (Å²) in [5, 5.41) is 0. The highest BCUT2D eigenvalue weighted by molar-refractivity contribution is 5.69. The van der Waals surface area contributed by atoms with Gasteiger partial charge < -0.3 is 9.47 Å². The van der Waals surface area contributed by atoms with E-state index >= 15 is 0 Å². The van der Waals surface area contributed by atoms with Crippen molar-refractivity contribution in [3.8, 4) is 0 Å². The summed E-state index contributed by atoms with van der Waals surface area (Å²) in [6.45, 7) is 11.7. The molecule has 0 rings (SSSR count). The first-order chi connectivity index (χ1) is 22.5. The van der Waals surface area contributed by atoms with Gasteiger partial charge in [-0.15, -0.1) is 0 Å². The lowest BCUT2D eigenvalue weighted by Crippen LogP contribution is -2.17. The Morgan fingerprint density at radius 1 is 0.391 bits per heavy atom. The minimum atomic E-state index is 0.00412. The molecule has 0 N–H and O–H groups in total. The third-order valence-electron chi connectivity index (χ3n) is 9.11. The number of rotatable bonds is 35. The average molecular weight is 653 g/mol. The summed E-state index contributed by atoms with van der Waals surface area (Å²) in [6.07, 6.45) is 40.7. The molecule has 0 aromatic carbocycles. The van der Waals surface area contributed by atoms with Crippen molar-refractivity contribution >= 4 is 11.9 Å². The lowest BCUT2D eigenvalue weighted by Gasteiger charge is -2.16. The van der Waals surface area contributed by atoms with Crippen molar-refractivity contribution in [3.63, 3.8) is 0 Å². The van der Waals surface area contributed by atoms with Crippen molar-refractivity contribution in [1.29, 1.82) is 0 Å². The molecular weight excluding hydrogens is 568 g/mol. The van der Waals surface area contributed by atoms with Gasteiger partial charge in [-0.25, -0.2) is 0 Å². The van der Waals surface area contributed by atoms with Gasteiger partial charge in [-0.3, -0.25) is 9.59 Å². The van der Waals surface area contributed by atoms with Crippen LogP contribution in [0.25, 0.3) is 0 Å². The van der Waals surface area contributed by atoms with Crippen molar-refractivity contribution in [2.24, 2.45) is 0 Å². The Morgan fingerprint density at radius 3 is 1.11 bits per heavy atom. The Morgan fingerprint density at radius 2 is 0.717 bits per heavy atom. The van der Waals surface area contributed by atoms with Gasteiger partial charge in [0.1, 0.15) is 6.10 Å². The largest absolute Gasteiger partial charge is 0.466 e. The van der Waals surface area contributed by atoms with Gasteiger partial charge in [0.05, 0.1) is 6.61 Å². The van der Waals surface area contributed by atoms with E-state index in [-0.39, 0.29) is 18.0 Å². The maximum atomic E-state index is 11.9. The summed E-state index contributed by atoms with van der Waals surface area (Å²) in [6, 6.07) is 0. The number of ether oxygens (including phenoxy) is 2. The van der Waals surface area contributed by atoms with E-state index in [2.05, 4.69) is 34.6 Å². The molecule has 0 saturated heterocycles. The Kier molecular flexibility index (Phi) is 42.9. The van der Waals surface area contributed by atoms with Crippen molar-refractivity contribution in [1.82, 2.24) is 0 Å². The van der Waals surface area contributed by atoms with Crippen LogP contribution < -0.4 is 0 Å². The van der Waals surface area contributed by atoms with Crippen LogP contribution in [0.4, 0.5) is 0 Å². The molecule has 276 valence electrons. The van der Waals surface area contributed by atoms with Crippen molar-refractivity contribution in [2.75, 3.05) is 6.61 Å². The smallest absolute Gasteiger partial charge is 0.306 e. The van der Waals surface area contributed by atoms with Gasteiger partial charge in [-0.2, -0.15) is 0 Å². The van der Waals surface area contributed by atoms with Gasteiger partial charge in [0.15, 0.2) is 0 Å². The molecule has 0 aromatic rings. The second kappa shape index (κ2) is 42.0. The summed E-state index contributed by atoms with van der Waals surface area (Å²) in [4.78, 5) is 23.4. The normalized spacial score (nSPS) is 11.6. The molecule has 46 heavy (non-hydrogen) atoms. The summed E-state index contributed by atoms with van der Waals surface area (Å²) in [7, 11) is 0. The number of carbonyl (C=O) groups excluding carboxylic acids is 2. The topological polar surface area (TPSA) is 52.6 Å². The van der Waals surface area contributed by atoms with Crippen LogP contribution >= 0.6 is 0 Å². The minimum Gasteiger partial charge on any atom is -0.466 e. The van der Waals surface area contributed by atoms with Crippen molar-refractivity contribution in [2.45, 2.75) is 253 Å². The first kappa shape index (κ1) is 47.1. The fourth-order valence-corrected chi connectivity index (χ4v) is 5.87. The monoisotopic (exact) mass is 653 g/mol. The van der Waals surface area contributed by atoms with Crippen LogP contribution in [0, 0.1) is 0 Å². The third kappa shape index (κ3) is 41.0. The van der Waals surface area contributed by atoms with Gasteiger partial charge in [0.2, 0.25) is 0 Å². The summed E-state index contributed by atoms with van der Waals surface area (Å²) in [5.74, 6) is 0.0286. The molecule has 0 aliphatic heterocycles. The van der Waals surface area contributed by atoms with Crippen molar-refractivity contribution in [3.05, 3.63) is 0 Å². The number of hydrogen-bond donors (Lipinski definition) is 0. The Labute approximate surface area is 289 Å². The van der Waals surface area contributed by atoms with Crippen LogP contribution in [0.15, 0.2) is 0 Å². The molecule has 0 aliphatic carbocycles. The molecule has 0 amide bonds. The van der Waals surface area contributed by atoms with Crippen LogP contribution in [0.3, 0.4) is 0 Å². The summed E-state index contributed by atoms with van der Waals surface area (Å²) in [5.41, 5.74) is 0. The van der Waals surface area contributed by atoms with E-state index < -0.39 is 0 Å². The van der Waals surface area contributed by atoms with E-state index in [1.165, 1.54) is 167 Å². The van der Waals surface area contributed by atoms with Crippen LogP contribution in [-0.2, 0) is 19.1 Å². The van der Waals surface area contributed by atoms with Gasteiger partial charge in [-0.1, -0.05) is 195 Å². The highest BCUT2D eigenvalue weighted by Gasteiger charge is 2.12. The third-order valence-corrected chi connectivity index (χ3v) is 9.11. The lowest BCUT2D eigenvalue weighted by atomic mass is 10.0. The molecule has 0 aliphatic rings. The number of unbranched alkanes of at least 4 members (excludes halogenated alkanes) is 25. The maximum Gasteiger partial charge on any atom is 0.306 e. The van der Waals surface area contributed by atoms with Gasteiger partial charge in [0, 0.05) is 12.8 Å². The maximum absolute atomic E-state index is 11.9. The Bertz CT molecular complexity index is 590. The lowest BCUT2D eigenvalue weighted by molar-refractivity contribution is -0.149. The number of hydrogen-bond acceptors (Lipinski definition) is 4.